The van der Waals surface area contributed by atoms with Crippen molar-refractivity contribution in [3.63, 3.8) is 0 Å². The predicted octanol–water partition coefficient (Wildman–Crippen LogP) is 2.27. The van der Waals surface area contributed by atoms with Crippen LogP contribution in [0.5, 0.6) is 0 Å². The van der Waals surface area contributed by atoms with E-state index in [2.05, 4.69) is 36.2 Å². The first-order chi connectivity index (χ1) is 9.17. The molecule has 1 aromatic rings. The fraction of sp³-hybridized carbons (Fsp3) is 0.533. The molecule has 0 spiro atoms. The normalized spacial score (nSPS) is 22.4. The zero-order chi connectivity index (χ0) is 13.8. The Morgan fingerprint density at radius 3 is 2.63 bits per heavy atom. The van der Waals surface area contributed by atoms with Crippen LogP contribution in [0.3, 0.4) is 0 Å². The van der Waals surface area contributed by atoms with Gasteiger partial charge in [0.15, 0.2) is 0 Å². The lowest BCUT2D eigenvalue weighted by Crippen LogP contribution is -2.25. The first-order valence-corrected chi connectivity index (χ1v) is 6.97. The Morgan fingerprint density at radius 1 is 1.37 bits per heavy atom. The number of benzene rings is 1. The molecule has 2 N–H and O–H groups in total. The maximum atomic E-state index is 11.1. The molecule has 0 bridgehead atoms. The zero-order valence-electron chi connectivity index (χ0n) is 11.6. The molecule has 0 radical (unpaired) electrons. The van der Waals surface area contributed by atoms with Crippen LogP contribution in [0.2, 0.25) is 0 Å². The van der Waals surface area contributed by atoms with Crippen molar-refractivity contribution in [2.45, 2.75) is 26.3 Å². The number of anilines is 1. The highest BCUT2D eigenvalue weighted by Gasteiger charge is 2.31. The highest BCUT2D eigenvalue weighted by molar-refractivity contribution is 5.71. The molecule has 4 nitrogen and oxygen atoms in total. The second kappa shape index (κ2) is 6.06. The van der Waals surface area contributed by atoms with E-state index < -0.39 is 5.97 Å². The third kappa shape index (κ3) is 2.89. The lowest BCUT2D eigenvalue weighted by Gasteiger charge is -2.26. The molecule has 1 fully saturated rings. The summed E-state index contributed by atoms with van der Waals surface area (Å²) in [5.41, 5.74) is 2.44. The van der Waals surface area contributed by atoms with E-state index in [0.717, 1.165) is 13.1 Å². The molecule has 4 heteroatoms. The van der Waals surface area contributed by atoms with Crippen molar-refractivity contribution < 1.29 is 9.90 Å². The number of carbonyl (C=O) groups is 1. The van der Waals surface area contributed by atoms with Crippen LogP contribution in [0.1, 0.15) is 31.9 Å². The molecular formula is C15H22N2O2. The van der Waals surface area contributed by atoms with Crippen molar-refractivity contribution in [1.82, 2.24) is 5.32 Å². The highest BCUT2D eigenvalue weighted by atomic mass is 16.4. The SMILES string of the molecule is CCN(CC)c1ccccc1C1CC(C(=O)O)CN1. The van der Waals surface area contributed by atoms with E-state index in [1.165, 1.54) is 11.3 Å². The van der Waals surface area contributed by atoms with Crippen molar-refractivity contribution >= 4 is 11.7 Å². The van der Waals surface area contributed by atoms with Crippen molar-refractivity contribution in [1.29, 1.82) is 0 Å². The molecule has 0 saturated carbocycles. The summed E-state index contributed by atoms with van der Waals surface area (Å²) in [5.74, 6) is -0.968. The topological polar surface area (TPSA) is 52.6 Å². The largest absolute Gasteiger partial charge is 0.481 e. The molecule has 0 amide bonds. The van der Waals surface area contributed by atoms with Crippen molar-refractivity contribution in [3.8, 4) is 0 Å². The van der Waals surface area contributed by atoms with Crippen LogP contribution in [0, 0.1) is 5.92 Å². The zero-order valence-corrected chi connectivity index (χ0v) is 11.6. The van der Waals surface area contributed by atoms with Crippen LogP contribution in [0.4, 0.5) is 5.69 Å². The first kappa shape index (κ1) is 13.9. The third-order valence-corrected chi connectivity index (χ3v) is 3.90. The monoisotopic (exact) mass is 262 g/mol. The predicted molar refractivity (Wildman–Crippen MR) is 76.5 cm³/mol. The number of para-hydroxylation sites is 1. The van der Waals surface area contributed by atoms with Crippen LogP contribution in [0.15, 0.2) is 24.3 Å². The van der Waals surface area contributed by atoms with Gasteiger partial charge in [-0.05, 0) is 31.9 Å². The van der Waals surface area contributed by atoms with E-state index >= 15 is 0 Å². The van der Waals surface area contributed by atoms with E-state index in [1.54, 1.807) is 0 Å². The van der Waals surface area contributed by atoms with Gasteiger partial charge in [0.1, 0.15) is 0 Å². The maximum Gasteiger partial charge on any atom is 0.307 e. The van der Waals surface area contributed by atoms with Crippen LogP contribution in [-0.4, -0.2) is 30.7 Å². The minimum Gasteiger partial charge on any atom is -0.481 e. The summed E-state index contributed by atoms with van der Waals surface area (Å²) < 4.78 is 0. The lowest BCUT2D eigenvalue weighted by atomic mass is 9.98. The molecule has 1 heterocycles. The first-order valence-electron chi connectivity index (χ1n) is 6.97. The fourth-order valence-electron chi connectivity index (χ4n) is 2.80. The van der Waals surface area contributed by atoms with Gasteiger partial charge in [0.2, 0.25) is 0 Å². The lowest BCUT2D eigenvalue weighted by molar-refractivity contribution is -0.141. The molecule has 1 aliphatic heterocycles. The average molecular weight is 262 g/mol. The van der Waals surface area contributed by atoms with E-state index in [9.17, 15) is 4.79 Å². The van der Waals surface area contributed by atoms with Crippen LogP contribution in [0.25, 0.3) is 0 Å². The Kier molecular flexibility index (Phi) is 4.43. The molecule has 1 saturated heterocycles. The molecule has 19 heavy (non-hydrogen) atoms. The van der Waals surface area contributed by atoms with Gasteiger partial charge in [-0.25, -0.2) is 0 Å². The van der Waals surface area contributed by atoms with Crippen LogP contribution in [-0.2, 0) is 4.79 Å². The Labute approximate surface area is 114 Å². The van der Waals surface area contributed by atoms with Gasteiger partial charge in [-0.3, -0.25) is 4.79 Å². The van der Waals surface area contributed by atoms with Gasteiger partial charge >= 0.3 is 5.97 Å². The summed E-state index contributed by atoms with van der Waals surface area (Å²) in [7, 11) is 0. The van der Waals surface area contributed by atoms with Crippen LogP contribution >= 0.6 is 0 Å². The number of nitrogens with zero attached hydrogens (tertiary/aromatic N) is 1. The number of hydrogen-bond donors (Lipinski definition) is 2. The Balaban J connectivity index is 2.23. The van der Waals surface area contributed by atoms with Gasteiger partial charge in [-0.2, -0.15) is 0 Å². The van der Waals surface area contributed by atoms with Gasteiger partial charge < -0.3 is 15.3 Å². The smallest absolute Gasteiger partial charge is 0.307 e. The van der Waals surface area contributed by atoms with Crippen molar-refractivity contribution in [2.75, 3.05) is 24.5 Å². The molecule has 0 aromatic heterocycles. The minimum atomic E-state index is -0.699. The summed E-state index contributed by atoms with van der Waals surface area (Å²) in [5, 5.41) is 12.4. The second-order valence-corrected chi connectivity index (χ2v) is 4.96. The fourth-order valence-corrected chi connectivity index (χ4v) is 2.80. The Bertz CT molecular complexity index is 444. The van der Waals surface area contributed by atoms with E-state index in [0.29, 0.717) is 13.0 Å². The quantitative estimate of drug-likeness (QED) is 0.854. The highest BCUT2D eigenvalue weighted by Crippen LogP contribution is 2.33. The number of rotatable bonds is 5. The minimum absolute atomic E-state index is 0.151. The summed E-state index contributed by atoms with van der Waals surface area (Å²) >= 11 is 0. The summed E-state index contributed by atoms with van der Waals surface area (Å²) in [4.78, 5) is 13.4. The summed E-state index contributed by atoms with van der Waals surface area (Å²) in [6.45, 7) is 6.77. The molecule has 2 unspecified atom stereocenters. The molecule has 104 valence electrons. The van der Waals surface area contributed by atoms with Crippen molar-refractivity contribution in [2.24, 2.45) is 5.92 Å². The second-order valence-electron chi connectivity index (χ2n) is 4.96. The Morgan fingerprint density at radius 2 is 2.05 bits per heavy atom. The number of hydrogen-bond acceptors (Lipinski definition) is 3. The van der Waals surface area contributed by atoms with Crippen molar-refractivity contribution in [3.05, 3.63) is 29.8 Å². The number of carboxylic acid groups (broad SMARTS) is 1. The molecule has 2 atom stereocenters. The third-order valence-electron chi connectivity index (χ3n) is 3.90. The standard InChI is InChI=1S/C15H22N2O2/c1-3-17(4-2)14-8-6-5-7-12(14)13-9-11(10-16-13)15(18)19/h5-8,11,13,16H,3-4,9-10H2,1-2H3,(H,18,19). The molecule has 2 rings (SSSR count). The molecule has 1 aromatic carbocycles. The molecule has 0 aliphatic carbocycles. The van der Waals surface area contributed by atoms with E-state index in [1.807, 2.05) is 12.1 Å². The molecule has 1 aliphatic rings. The summed E-state index contributed by atoms with van der Waals surface area (Å²) in [6, 6.07) is 8.45. The number of aliphatic carboxylic acids is 1. The van der Waals surface area contributed by atoms with Gasteiger partial charge in [0.05, 0.1) is 5.92 Å². The van der Waals surface area contributed by atoms with Crippen LogP contribution < -0.4 is 10.2 Å². The Hall–Kier alpha value is -1.55. The molecular weight excluding hydrogens is 240 g/mol. The summed E-state index contributed by atoms with van der Waals surface area (Å²) in [6.07, 6.45) is 0.674. The number of carboxylic acids is 1. The maximum absolute atomic E-state index is 11.1. The van der Waals surface area contributed by atoms with Gasteiger partial charge in [0, 0.05) is 31.4 Å². The average Bonchev–Trinajstić information content (AvgIpc) is 2.90. The number of nitrogens with one attached hydrogen (secondary N) is 1. The van der Waals surface area contributed by atoms with E-state index in [4.69, 9.17) is 5.11 Å². The van der Waals surface area contributed by atoms with E-state index in [-0.39, 0.29) is 12.0 Å². The van der Waals surface area contributed by atoms with Gasteiger partial charge in [-0.1, -0.05) is 18.2 Å². The van der Waals surface area contributed by atoms with Gasteiger partial charge in [0.25, 0.3) is 0 Å². The van der Waals surface area contributed by atoms with Gasteiger partial charge in [-0.15, -0.1) is 0 Å².